The Morgan fingerprint density at radius 1 is 1.05 bits per heavy atom. The van der Waals surface area contributed by atoms with Crippen molar-refractivity contribution < 1.29 is 4.74 Å². The standard InChI is InChI=1S/C14H10BrCl3O/c15-11-4-5-13(10(6-11)7-16)19-8-9-2-1-3-12(17)14(9)18/h1-6H,7-8H2. The Morgan fingerprint density at radius 2 is 1.84 bits per heavy atom. The fraction of sp³-hybridized carbons (Fsp3) is 0.143. The summed E-state index contributed by atoms with van der Waals surface area (Å²) >= 11 is 21.4. The third kappa shape index (κ3) is 3.79. The van der Waals surface area contributed by atoms with Crippen molar-refractivity contribution in [1.29, 1.82) is 0 Å². The van der Waals surface area contributed by atoms with E-state index < -0.39 is 0 Å². The van der Waals surface area contributed by atoms with Crippen molar-refractivity contribution in [3.05, 3.63) is 62.0 Å². The topological polar surface area (TPSA) is 9.23 Å². The van der Waals surface area contributed by atoms with E-state index in [1.165, 1.54) is 0 Å². The van der Waals surface area contributed by atoms with Crippen molar-refractivity contribution >= 4 is 50.7 Å². The summed E-state index contributed by atoms with van der Waals surface area (Å²) < 4.78 is 6.73. The van der Waals surface area contributed by atoms with Gasteiger partial charge in [0, 0.05) is 15.6 Å². The maximum absolute atomic E-state index is 6.11. The van der Waals surface area contributed by atoms with E-state index in [9.17, 15) is 0 Å². The van der Waals surface area contributed by atoms with E-state index >= 15 is 0 Å². The number of halogens is 4. The molecule has 0 radical (unpaired) electrons. The Hall–Kier alpha value is -0.410. The molecule has 2 aromatic rings. The lowest BCUT2D eigenvalue weighted by molar-refractivity contribution is 0.304. The van der Waals surface area contributed by atoms with Crippen LogP contribution >= 0.6 is 50.7 Å². The SMILES string of the molecule is ClCc1cc(Br)ccc1OCc1cccc(Cl)c1Cl. The zero-order chi connectivity index (χ0) is 13.8. The predicted octanol–water partition coefficient (Wildman–Crippen LogP) is 6.07. The van der Waals surface area contributed by atoms with Crippen molar-refractivity contribution in [2.24, 2.45) is 0 Å². The molecule has 0 saturated heterocycles. The van der Waals surface area contributed by atoms with Gasteiger partial charge in [-0.25, -0.2) is 0 Å². The summed E-state index contributed by atoms with van der Waals surface area (Å²) in [5, 5.41) is 1.05. The molecule has 0 fully saturated rings. The molecule has 0 saturated carbocycles. The van der Waals surface area contributed by atoms with Crippen molar-refractivity contribution in [3.63, 3.8) is 0 Å². The van der Waals surface area contributed by atoms with Crippen LogP contribution in [0.2, 0.25) is 10.0 Å². The normalized spacial score (nSPS) is 10.5. The third-order valence-electron chi connectivity index (χ3n) is 2.58. The molecule has 0 heterocycles. The van der Waals surface area contributed by atoms with E-state index in [0.717, 1.165) is 21.3 Å². The first-order valence-corrected chi connectivity index (χ1v) is 7.60. The van der Waals surface area contributed by atoms with Gasteiger partial charge in [0.05, 0.1) is 15.9 Å². The Bertz CT molecular complexity index is 587. The molecule has 0 N–H and O–H groups in total. The highest BCUT2D eigenvalue weighted by Crippen LogP contribution is 2.29. The summed E-state index contributed by atoms with van der Waals surface area (Å²) in [5.41, 5.74) is 1.77. The van der Waals surface area contributed by atoms with Crippen LogP contribution in [0.15, 0.2) is 40.9 Å². The minimum absolute atomic E-state index is 0.352. The highest BCUT2D eigenvalue weighted by Gasteiger charge is 2.07. The average Bonchev–Trinajstić information content (AvgIpc) is 2.41. The van der Waals surface area contributed by atoms with Crippen LogP contribution in [0.4, 0.5) is 0 Å². The molecule has 0 aliphatic rings. The quantitative estimate of drug-likeness (QED) is 0.585. The minimum atomic E-state index is 0.352. The van der Waals surface area contributed by atoms with Crippen molar-refractivity contribution in [3.8, 4) is 5.75 Å². The first kappa shape index (κ1) is 15.0. The van der Waals surface area contributed by atoms with Crippen LogP contribution in [0.3, 0.4) is 0 Å². The van der Waals surface area contributed by atoms with Gasteiger partial charge in [0.2, 0.25) is 0 Å². The fourth-order valence-corrected chi connectivity index (χ4v) is 2.60. The molecule has 0 unspecified atom stereocenters. The molecule has 100 valence electrons. The second-order valence-electron chi connectivity index (χ2n) is 3.89. The maximum Gasteiger partial charge on any atom is 0.124 e. The predicted molar refractivity (Wildman–Crippen MR) is 84.5 cm³/mol. The molecule has 0 aliphatic carbocycles. The van der Waals surface area contributed by atoms with Crippen molar-refractivity contribution in [2.45, 2.75) is 12.5 Å². The fourth-order valence-electron chi connectivity index (χ4n) is 1.61. The second kappa shape index (κ2) is 6.85. The molecule has 5 heteroatoms. The average molecular weight is 380 g/mol. The van der Waals surface area contributed by atoms with Gasteiger partial charge in [0.25, 0.3) is 0 Å². The molecular weight excluding hydrogens is 370 g/mol. The zero-order valence-corrected chi connectivity index (χ0v) is 13.7. The Morgan fingerprint density at radius 3 is 2.58 bits per heavy atom. The molecule has 0 atom stereocenters. The van der Waals surface area contributed by atoms with Gasteiger partial charge in [-0.2, -0.15) is 0 Å². The van der Waals surface area contributed by atoms with Crippen molar-refractivity contribution in [2.75, 3.05) is 0 Å². The van der Waals surface area contributed by atoms with E-state index in [1.54, 1.807) is 6.07 Å². The van der Waals surface area contributed by atoms with Gasteiger partial charge in [-0.05, 0) is 24.3 Å². The van der Waals surface area contributed by atoms with Gasteiger partial charge in [-0.3, -0.25) is 0 Å². The highest BCUT2D eigenvalue weighted by molar-refractivity contribution is 9.10. The van der Waals surface area contributed by atoms with Crippen LogP contribution in [0, 0.1) is 0 Å². The Balaban J connectivity index is 2.17. The van der Waals surface area contributed by atoms with Gasteiger partial charge in [0.1, 0.15) is 12.4 Å². The summed E-state index contributed by atoms with van der Waals surface area (Å²) in [6.07, 6.45) is 0. The summed E-state index contributed by atoms with van der Waals surface area (Å²) in [5.74, 6) is 1.13. The summed E-state index contributed by atoms with van der Waals surface area (Å²) in [7, 11) is 0. The first-order valence-electron chi connectivity index (χ1n) is 5.52. The van der Waals surface area contributed by atoms with Crippen LogP contribution in [-0.4, -0.2) is 0 Å². The molecule has 0 bridgehead atoms. The number of ether oxygens (including phenoxy) is 1. The molecular formula is C14H10BrCl3O. The van der Waals surface area contributed by atoms with Crippen molar-refractivity contribution in [1.82, 2.24) is 0 Å². The number of alkyl halides is 1. The molecule has 0 spiro atoms. The second-order valence-corrected chi connectivity index (χ2v) is 5.86. The summed E-state index contributed by atoms with van der Waals surface area (Å²) in [6.45, 7) is 0.352. The van der Waals surface area contributed by atoms with Crippen LogP contribution < -0.4 is 4.74 Å². The molecule has 2 rings (SSSR count). The molecule has 2 aromatic carbocycles. The number of hydrogen-bond acceptors (Lipinski definition) is 1. The molecule has 1 nitrogen and oxygen atoms in total. The van der Waals surface area contributed by atoms with E-state index in [-0.39, 0.29) is 0 Å². The van der Waals surface area contributed by atoms with Gasteiger partial charge >= 0.3 is 0 Å². The van der Waals surface area contributed by atoms with Gasteiger partial charge < -0.3 is 4.74 Å². The lowest BCUT2D eigenvalue weighted by atomic mass is 10.2. The van der Waals surface area contributed by atoms with Crippen LogP contribution in [0.25, 0.3) is 0 Å². The van der Waals surface area contributed by atoms with Crippen LogP contribution in [0.1, 0.15) is 11.1 Å². The number of benzene rings is 2. The molecule has 0 amide bonds. The van der Waals surface area contributed by atoms with E-state index in [1.807, 2.05) is 30.3 Å². The van der Waals surface area contributed by atoms with E-state index in [4.69, 9.17) is 39.5 Å². The van der Waals surface area contributed by atoms with E-state index in [2.05, 4.69) is 15.9 Å². The Labute approximate surface area is 135 Å². The Kier molecular flexibility index (Phi) is 5.40. The minimum Gasteiger partial charge on any atom is -0.489 e. The third-order valence-corrected chi connectivity index (χ3v) is 4.22. The molecule has 0 aliphatic heterocycles. The lowest BCUT2D eigenvalue weighted by Crippen LogP contribution is -1.99. The summed E-state index contributed by atoms with van der Waals surface area (Å²) in [4.78, 5) is 0. The molecule has 19 heavy (non-hydrogen) atoms. The van der Waals surface area contributed by atoms with Crippen LogP contribution in [0.5, 0.6) is 5.75 Å². The van der Waals surface area contributed by atoms with Gasteiger partial charge in [-0.1, -0.05) is 51.3 Å². The van der Waals surface area contributed by atoms with Gasteiger partial charge in [0.15, 0.2) is 0 Å². The number of rotatable bonds is 4. The number of hydrogen-bond donors (Lipinski definition) is 0. The zero-order valence-electron chi connectivity index (χ0n) is 9.80. The maximum atomic E-state index is 6.11. The van der Waals surface area contributed by atoms with Gasteiger partial charge in [-0.15, -0.1) is 11.6 Å². The molecule has 0 aromatic heterocycles. The van der Waals surface area contributed by atoms with Crippen LogP contribution in [-0.2, 0) is 12.5 Å². The smallest absolute Gasteiger partial charge is 0.124 e. The first-order chi connectivity index (χ1) is 9.11. The summed E-state index contributed by atoms with van der Waals surface area (Å²) in [6, 6.07) is 11.2. The monoisotopic (exact) mass is 378 g/mol. The highest BCUT2D eigenvalue weighted by atomic mass is 79.9. The lowest BCUT2D eigenvalue weighted by Gasteiger charge is -2.11. The largest absolute Gasteiger partial charge is 0.489 e. The van der Waals surface area contributed by atoms with E-state index in [0.29, 0.717) is 22.5 Å².